The molecule has 1 nitrogen and oxygen atoms in total. The van der Waals surface area contributed by atoms with E-state index < -0.39 is 0 Å². The van der Waals surface area contributed by atoms with Gasteiger partial charge in [-0.1, -0.05) is 37.3 Å². The Balaban J connectivity index is 2.05. The summed E-state index contributed by atoms with van der Waals surface area (Å²) in [6.45, 7) is 2.16. The molecule has 0 aliphatic carbocycles. The first kappa shape index (κ1) is 11.4. The quantitative estimate of drug-likeness (QED) is 0.854. The molecule has 1 heterocycles. The van der Waals surface area contributed by atoms with Crippen LogP contribution in [0.1, 0.15) is 28.3 Å². The molecule has 0 bridgehead atoms. The average Bonchev–Trinajstić information content (AvgIpc) is 2.78. The van der Waals surface area contributed by atoms with Crippen LogP contribution in [0.5, 0.6) is 0 Å². The van der Waals surface area contributed by atoms with E-state index in [4.69, 9.17) is 0 Å². The molecule has 0 spiro atoms. The molecule has 0 saturated heterocycles. The minimum Gasteiger partial charge on any atom is -0.388 e. The third kappa shape index (κ3) is 2.71. The van der Waals surface area contributed by atoms with E-state index in [9.17, 15) is 5.11 Å². The Morgan fingerprint density at radius 1 is 1.06 bits per heavy atom. The van der Waals surface area contributed by atoms with Crippen molar-refractivity contribution in [3.8, 4) is 0 Å². The highest BCUT2D eigenvalue weighted by molar-refractivity contribution is 7.11. The van der Waals surface area contributed by atoms with Gasteiger partial charge in [-0.25, -0.2) is 0 Å². The second-order valence-corrected chi connectivity index (χ2v) is 5.11. The fraction of sp³-hybridized carbons (Fsp3) is 0.286. The lowest BCUT2D eigenvalue weighted by molar-refractivity contribution is 0.179. The van der Waals surface area contributed by atoms with E-state index in [0.29, 0.717) is 6.42 Å². The van der Waals surface area contributed by atoms with Crippen molar-refractivity contribution in [1.82, 2.24) is 0 Å². The molecule has 0 amide bonds. The fourth-order valence-electron chi connectivity index (χ4n) is 1.71. The Morgan fingerprint density at radius 3 is 2.38 bits per heavy atom. The van der Waals surface area contributed by atoms with Crippen LogP contribution < -0.4 is 0 Å². The highest BCUT2D eigenvalue weighted by Gasteiger charge is 2.09. The molecule has 84 valence electrons. The Bertz CT molecular complexity index is 433. The number of benzene rings is 1. The summed E-state index contributed by atoms with van der Waals surface area (Å²) in [6, 6.07) is 14.1. The summed E-state index contributed by atoms with van der Waals surface area (Å²) in [7, 11) is 0. The van der Waals surface area contributed by atoms with Crippen molar-refractivity contribution in [3.63, 3.8) is 0 Å². The Kier molecular flexibility index (Phi) is 3.75. The maximum atomic E-state index is 10.1. The monoisotopic (exact) mass is 232 g/mol. The van der Waals surface area contributed by atoms with Gasteiger partial charge in [-0.05, 0) is 24.1 Å². The molecule has 0 radical (unpaired) electrons. The topological polar surface area (TPSA) is 20.2 Å². The van der Waals surface area contributed by atoms with Crippen LogP contribution in [0.25, 0.3) is 0 Å². The summed E-state index contributed by atoms with van der Waals surface area (Å²) < 4.78 is 0. The van der Waals surface area contributed by atoms with E-state index in [0.717, 1.165) is 12.0 Å². The lowest BCUT2D eigenvalue weighted by Gasteiger charge is -2.08. The molecule has 2 rings (SSSR count). The predicted octanol–water partition coefficient (Wildman–Crippen LogP) is 3.59. The molecular formula is C14H16OS. The number of hydrogen-bond donors (Lipinski definition) is 1. The third-order valence-electron chi connectivity index (χ3n) is 2.64. The fourth-order valence-corrected chi connectivity index (χ4v) is 2.70. The van der Waals surface area contributed by atoms with Gasteiger partial charge in [-0.15, -0.1) is 11.3 Å². The van der Waals surface area contributed by atoms with Crippen molar-refractivity contribution >= 4 is 11.3 Å². The maximum Gasteiger partial charge on any atom is 0.0838 e. The molecule has 0 fully saturated rings. The predicted molar refractivity (Wildman–Crippen MR) is 68.8 cm³/mol. The van der Waals surface area contributed by atoms with Crippen LogP contribution in [0.2, 0.25) is 0 Å². The molecule has 1 atom stereocenters. The number of rotatable bonds is 4. The minimum absolute atomic E-state index is 0.385. The zero-order chi connectivity index (χ0) is 11.4. The summed E-state index contributed by atoms with van der Waals surface area (Å²) >= 11 is 1.80. The second-order valence-electron chi connectivity index (χ2n) is 3.85. The van der Waals surface area contributed by atoms with Crippen molar-refractivity contribution in [3.05, 3.63) is 57.8 Å². The molecule has 1 unspecified atom stereocenters. The van der Waals surface area contributed by atoms with Crippen molar-refractivity contribution in [2.24, 2.45) is 0 Å². The Hall–Kier alpha value is -1.12. The van der Waals surface area contributed by atoms with Crippen LogP contribution in [-0.4, -0.2) is 5.11 Å². The van der Waals surface area contributed by atoms with Gasteiger partial charge >= 0.3 is 0 Å². The largest absolute Gasteiger partial charge is 0.388 e. The van der Waals surface area contributed by atoms with Crippen molar-refractivity contribution < 1.29 is 5.11 Å². The molecule has 16 heavy (non-hydrogen) atoms. The number of aryl methyl sites for hydroxylation is 1. The van der Waals surface area contributed by atoms with Crippen LogP contribution in [0, 0.1) is 0 Å². The van der Waals surface area contributed by atoms with Gasteiger partial charge in [0.05, 0.1) is 6.10 Å². The minimum atomic E-state index is -0.385. The van der Waals surface area contributed by atoms with Gasteiger partial charge < -0.3 is 5.11 Å². The van der Waals surface area contributed by atoms with Gasteiger partial charge in [-0.3, -0.25) is 0 Å². The number of aliphatic hydroxyl groups is 1. The summed E-state index contributed by atoms with van der Waals surface area (Å²) in [5, 5.41) is 10.1. The van der Waals surface area contributed by atoms with E-state index in [2.05, 4.69) is 19.1 Å². The zero-order valence-corrected chi connectivity index (χ0v) is 10.2. The Morgan fingerprint density at radius 2 is 1.75 bits per heavy atom. The van der Waals surface area contributed by atoms with Gasteiger partial charge in [0.2, 0.25) is 0 Å². The Labute approximate surface area is 100 Å². The molecule has 1 aromatic carbocycles. The molecule has 0 saturated carbocycles. The van der Waals surface area contributed by atoms with Gasteiger partial charge in [0.15, 0.2) is 0 Å². The second kappa shape index (κ2) is 5.28. The van der Waals surface area contributed by atoms with Gasteiger partial charge in [-0.2, -0.15) is 0 Å². The highest BCUT2D eigenvalue weighted by atomic mass is 32.1. The van der Waals surface area contributed by atoms with Crippen LogP contribution in [0.4, 0.5) is 0 Å². The molecule has 2 aromatic rings. The molecule has 2 heteroatoms. The first-order chi connectivity index (χ1) is 7.79. The van der Waals surface area contributed by atoms with Crippen LogP contribution in [0.15, 0.2) is 42.5 Å². The summed E-state index contributed by atoms with van der Waals surface area (Å²) in [5.41, 5.74) is 0.994. The van der Waals surface area contributed by atoms with Crippen LogP contribution in [-0.2, 0) is 12.8 Å². The van der Waals surface area contributed by atoms with Gasteiger partial charge in [0, 0.05) is 16.2 Å². The normalized spacial score (nSPS) is 12.6. The number of aliphatic hydroxyl groups excluding tert-OH is 1. The van der Waals surface area contributed by atoms with E-state index in [1.807, 2.05) is 30.3 Å². The molecular weight excluding hydrogens is 216 g/mol. The summed E-state index contributed by atoms with van der Waals surface area (Å²) in [4.78, 5) is 2.64. The van der Waals surface area contributed by atoms with E-state index in [1.165, 1.54) is 9.75 Å². The molecule has 1 aromatic heterocycles. The van der Waals surface area contributed by atoms with Gasteiger partial charge in [0.1, 0.15) is 0 Å². The maximum absolute atomic E-state index is 10.1. The van der Waals surface area contributed by atoms with Crippen LogP contribution >= 0.6 is 11.3 Å². The average molecular weight is 232 g/mol. The lowest BCUT2D eigenvalue weighted by Crippen LogP contribution is -1.99. The highest BCUT2D eigenvalue weighted by Crippen LogP contribution is 2.23. The lowest BCUT2D eigenvalue weighted by atomic mass is 10.1. The van der Waals surface area contributed by atoms with E-state index in [1.54, 1.807) is 11.3 Å². The van der Waals surface area contributed by atoms with Gasteiger partial charge in [0.25, 0.3) is 0 Å². The SMILES string of the molecule is CCc1ccc(CC(O)c2ccccc2)s1. The molecule has 0 aliphatic rings. The van der Waals surface area contributed by atoms with Crippen LogP contribution in [0.3, 0.4) is 0 Å². The number of hydrogen-bond acceptors (Lipinski definition) is 2. The smallest absolute Gasteiger partial charge is 0.0838 e. The standard InChI is InChI=1S/C14H16OS/c1-2-12-8-9-13(16-12)10-14(15)11-6-4-3-5-7-11/h3-9,14-15H,2,10H2,1H3. The first-order valence-corrected chi connectivity index (χ1v) is 6.42. The first-order valence-electron chi connectivity index (χ1n) is 5.60. The van der Waals surface area contributed by atoms with E-state index in [-0.39, 0.29) is 6.10 Å². The third-order valence-corrected chi connectivity index (χ3v) is 3.90. The molecule has 1 N–H and O–H groups in total. The van der Waals surface area contributed by atoms with Crippen molar-refractivity contribution in [2.75, 3.05) is 0 Å². The summed E-state index contributed by atoms with van der Waals surface area (Å²) in [6.07, 6.45) is 1.41. The van der Waals surface area contributed by atoms with Crippen molar-refractivity contribution in [2.45, 2.75) is 25.9 Å². The zero-order valence-electron chi connectivity index (χ0n) is 9.39. The number of thiophene rings is 1. The van der Waals surface area contributed by atoms with E-state index >= 15 is 0 Å². The summed E-state index contributed by atoms with van der Waals surface area (Å²) in [5.74, 6) is 0. The molecule has 0 aliphatic heterocycles. The van der Waals surface area contributed by atoms with Crippen molar-refractivity contribution in [1.29, 1.82) is 0 Å².